The van der Waals surface area contributed by atoms with Gasteiger partial charge in [0.05, 0.1) is 18.8 Å². The summed E-state index contributed by atoms with van der Waals surface area (Å²) in [4.78, 5) is 4.39. The number of benzene rings is 3. The quantitative estimate of drug-likeness (QED) is 0.345. The molecule has 0 aliphatic carbocycles. The smallest absolute Gasteiger partial charge is 0.130 e. The standard InChI is InChI=1S/C27H26F3N3O2/c1-33-15-14-31-27(33)25(18-2-8-21(28)9-3-18)32-16-24(34)17-35-26(19-4-10-22(29)11-5-19)20-6-12-23(30)13-7-20/h2-15,24-26,32,34H,16-17H2,1H3/t24-,25+/m0/s1. The highest BCUT2D eigenvalue weighted by molar-refractivity contribution is 5.31. The number of halogens is 3. The van der Waals surface area contributed by atoms with Gasteiger partial charge in [0.15, 0.2) is 0 Å². The lowest BCUT2D eigenvalue weighted by molar-refractivity contribution is 0.00585. The Bertz CT molecular complexity index is 1170. The molecule has 0 aliphatic rings. The number of aliphatic hydroxyl groups excluding tert-OH is 1. The van der Waals surface area contributed by atoms with Crippen LogP contribution in [0.1, 0.15) is 34.7 Å². The maximum atomic E-state index is 13.4. The largest absolute Gasteiger partial charge is 0.389 e. The van der Waals surface area contributed by atoms with Gasteiger partial charge in [0.25, 0.3) is 0 Å². The number of nitrogens with one attached hydrogen (secondary N) is 1. The average Bonchev–Trinajstić information content (AvgIpc) is 3.28. The normalized spacial score (nSPS) is 13.2. The van der Waals surface area contributed by atoms with Crippen LogP contribution in [-0.2, 0) is 11.8 Å². The van der Waals surface area contributed by atoms with Crippen LogP contribution < -0.4 is 5.32 Å². The number of imidazole rings is 1. The number of aliphatic hydroxyl groups is 1. The summed E-state index contributed by atoms with van der Waals surface area (Å²) in [6.07, 6.45) is 1.96. The first-order chi connectivity index (χ1) is 16.9. The minimum absolute atomic E-state index is 0.0386. The molecule has 0 bridgehead atoms. The van der Waals surface area contributed by atoms with Crippen LogP contribution in [0.3, 0.4) is 0 Å². The molecule has 0 unspecified atom stereocenters. The molecule has 4 aromatic rings. The molecular weight excluding hydrogens is 455 g/mol. The molecule has 2 N–H and O–H groups in total. The van der Waals surface area contributed by atoms with Gasteiger partial charge in [-0.3, -0.25) is 0 Å². The summed E-state index contributed by atoms with van der Waals surface area (Å²) in [5.74, 6) is -0.387. The minimum atomic E-state index is -0.901. The third-order valence-corrected chi connectivity index (χ3v) is 5.68. The highest BCUT2D eigenvalue weighted by Gasteiger charge is 2.21. The Hall–Kier alpha value is -3.46. The summed E-state index contributed by atoms with van der Waals surface area (Å²) in [5.41, 5.74) is 2.15. The van der Waals surface area contributed by atoms with E-state index >= 15 is 0 Å². The molecule has 0 spiro atoms. The zero-order valence-electron chi connectivity index (χ0n) is 19.1. The second kappa shape index (κ2) is 11.3. The van der Waals surface area contributed by atoms with Crippen LogP contribution in [0.5, 0.6) is 0 Å². The van der Waals surface area contributed by atoms with Gasteiger partial charge < -0.3 is 19.7 Å². The van der Waals surface area contributed by atoms with Crippen LogP contribution in [0.2, 0.25) is 0 Å². The highest BCUT2D eigenvalue weighted by atomic mass is 19.1. The maximum Gasteiger partial charge on any atom is 0.130 e. The first kappa shape index (κ1) is 24.7. The third kappa shape index (κ3) is 6.36. The van der Waals surface area contributed by atoms with Gasteiger partial charge in [-0.2, -0.15) is 0 Å². The summed E-state index contributed by atoms with van der Waals surface area (Å²) >= 11 is 0. The van der Waals surface area contributed by atoms with Crippen molar-refractivity contribution >= 4 is 0 Å². The Morgan fingerprint density at radius 1 is 0.829 bits per heavy atom. The molecule has 0 saturated carbocycles. The number of aryl methyl sites for hydroxylation is 1. The SMILES string of the molecule is Cn1ccnc1[C@H](NC[C@H](O)COC(c1ccc(F)cc1)c1ccc(F)cc1)c1ccc(F)cc1. The van der Waals surface area contributed by atoms with Gasteiger partial charge in [0.1, 0.15) is 29.4 Å². The van der Waals surface area contributed by atoms with Crippen molar-refractivity contribution in [2.45, 2.75) is 18.2 Å². The number of nitrogens with zero attached hydrogens (tertiary/aromatic N) is 2. The van der Waals surface area contributed by atoms with Crippen molar-refractivity contribution in [3.8, 4) is 0 Å². The van der Waals surface area contributed by atoms with Crippen LogP contribution >= 0.6 is 0 Å². The van der Waals surface area contributed by atoms with Crippen molar-refractivity contribution in [1.82, 2.24) is 14.9 Å². The Kier molecular flexibility index (Phi) is 7.97. The Morgan fingerprint density at radius 3 is 1.77 bits per heavy atom. The Morgan fingerprint density at radius 2 is 1.31 bits per heavy atom. The summed E-state index contributed by atoms with van der Waals surface area (Å²) in [6, 6.07) is 17.4. The van der Waals surface area contributed by atoms with Crippen molar-refractivity contribution < 1.29 is 23.0 Å². The average molecular weight is 482 g/mol. The number of aromatic nitrogens is 2. The molecule has 0 aliphatic heterocycles. The molecule has 1 aromatic heterocycles. The molecule has 3 aromatic carbocycles. The first-order valence-electron chi connectivity index (χ1n) is 11.2. The molecular formula is C27H26F3N3O2. The monoisotopic (exact) mass is 481 g/mol. The van der Waals surface area contributed by atoms with E-state index in [1.54, 1.807) is 42.6 Å². The van der Waals surface area contributed by atoms with Gasteiger partial charge >= 0.3 is 0 Å². The number of hydrogen-bond donors (Lipinski definition) is 2. The fourth-order valence-electron chi connectivity index (χ4n) is 3.85. The molecule has 182 valence electrons. The van der Waals surface area contributed by atoms with Crippen molar-refractivity contribution in [3.63, 3.8) is 0 Å². The lowest BCUT2D eigenvalue weighted by Gasteiger charge is -2.24. The van der Waals surface area contributed by atoms with E-state index in [0.717, 1.165) is 5.56 Å². The van der Waals surface area contributed by atoms with Crippen LogP contribution in [0, 0.1) is 17.5 Å². The molecule has 4 rings (SSSR count). The molecule has 5 nitrogen and oxygen atoms in total. The van der Waals surface area contributed by atoms with Crippen molar-refractivity contribution in [2.75, 3.05) is 13.2 Å². The molecule has 0 fully saturated rings. The zero-order valence-corrected chi connectivity index (χ0v) is 19.1. The van der Waals surface area contributed by atoms with Crippen molar-refractivity contribution in [3.05, 3.63) is 125 Å². The van der Waals surface area contributed by atoms with Crippen LogP contribution in [0.15, 0.2) is 85.2 Å². The van der Waals surface area contributed by atoms with Gasteiger partial charge in [-0.25, -0.2) is 18.2 Å². The number of hydrogen-bond acceptors (Lipinski definition) is 4. The van der Waals surface area contributed by atoms with Gasteiger partial charge in [0, 0.05) is 26.0 Å². The van der Waals surface area contributed by atoms with E-state index in [9.17, 15) is 18.3 Å². The second-order valence-corrected chi connectivity index (χ2v) is 8.26. The lowest BCUT2D eigenvalue weighted by atomic mass is 10.0. The van der Waals surface area contributed by atoms with Gasteiger partial charge in [0.2, 0.25) is 0 Å². The third-order valence-electron chi connectivity index (χ3n) is 5.68. The molecule has 2 atom stereocenters. The highest BCUT2D eigenvalue weighted by Crippen LogP contribution is 2.27. The van der Waals surface area contributed by atoms with E-state index in [4.69, 9.17) is 4.74 Å². The van der Waals surface area contributed by atoms with E-state index < -0.39 is 12.2 Å². The molecule has 8 heteroatoms. The van der Waals surface area contributed by atoms with E-state index in [0.29, 0.717) is 17.0 Å². The van der Waals surface area contributed by atoms with E-state index in [1.165, 1.54) is 36.4 Å². The summed E-state index contributed by atoms with van der Waals surface area (Å²) < 4.78 is 48.2. The van der Waals surface area contributed by atoms with Gasteiger partial charge in [-0.05, 0) is 53.1 Å². The zero-order chi connectivity index (χ0) is 24.8. The molecule has 0 radical (unpaired) electrons. The van der Waals surface area contributed by atoms with Crippen LogP contribution in [-0.4, -0.2) is 33.9 Å². The van der Waals surface area contributed by atoms with Crippen molar-refractivity contribution in [2.24, 2.45) is 7.05 Å². The Balaban J connectivity index is 1.45. The van der Waals surface area contributed by atoms with E-state index in [1.807, 2.05) is 17.8 Å². The second-order valence-electron chi connectivity index (χ2n) is 8.26. The fraction of sp³-hybridized carbons (Fsp3) is 0.222. The van der Waals surface area contributed by atoms with Crippen molar-refractivity contribution in [1.29, 1.82) is 0 Å². The van der Waals surface area contributed by atoms with Crippen LogP contribution in [0.25, 0.3) is 0 Å². The fourth-order valence-corrected chi connectivity index (χ4v) is 3.85. The number of rotatable bonds is 10. The molecule has 1 heterocycles. The molecule has 35 heavy (non-hydrogen) atoms. The predicted octanol–water partition coefficient (Wildman–Crippen LogP) is 4.68. The topological polar surface area (TPSA) is 59.3 Å². The van der Waals surface area contributed by atoms with E-state index in [2.05, 4.69) is 10.3 Å². The first-order valence-corrected chi connectivity index (χ1v) is 11.2. The lowest BCUT2D eigenvalue weighted by Crippen LogP contribution is -2.35. The molecule has 0 amide bonds. The predicted molar refractivity (Wildman–Crippen MR) is 126 cm³/mol. The molecule has 0 saturated heterocycles. The summed E-state index contributed by atoms with van der Waals surface area (Å²) in [6.45, 7) is 0.123. The van der Waals surface area contributed by atoms with Gasteiger partial charge in [-0.15, -0.1) is 0 Å². The van der Waals surface area contributed by atoms with E-state index in [-0.39, 0.29) is 36.6 Å². The number of ether oxygens (including phenoxy) is 1. The Labute approximate surface area is 201 Å². The van der Waals surface area contributed by atoms with Gasteiger partial charge in [-0.1, -0.05) is 36.4 Å². The summed E-state index contributed by atoms with van der Waals surface area (Å²) in [7, 11) is 1.86. The summed E-state index contributed by atoms with van der Waals surface area (Å²) in [5, 5.41) is 14.0. The maximum absolute atomic E-state index is 13.4. The minimum Gasteiger partial charge on any atom is -0.389 e. The van der Waals surface area contributed by atoms with Crippen LogP contribution in [0.4, 0.5) is 13.2 Å².